The Morgan fingerprint density at radius 1 is 0.636 bits per heavy atom. The summed E-state index contributed by atoms with van der Waals surface area (Å²) in [6.07, 6.45) is 4.44. The molecule has 5 nitrogen and oxygen atoms in total. The molecule has 1 heterocycles. The molecule has 2 aliphatic rings. The van der Waals surface area contributed by atoms with Gasteiger partial charge >= 0.3 is 0 Å². The third-order valence-corrected chi connectivity index (χ3v) is 9.33. The predicted octanol–water partition coefficient (Wildman–Crippen LogP) is 8.84. The molecule has 5 aromatic rings. The van der Waals surface area contributed by atoms with Gasteiger partial charge in [-0.2, -0.15) is 0 Å². The van der Waals surface area contributed by atoms with Crippen molar-refractivity contribution < 1.29 is 23.7 Å². The van der Waals surface area contributed by atoms with Gasteiger partial charge < -0.3 is 23.7 Å². The largest absolute Gasteiger partial charge is 0.497 e. The van der Waals surface area contributed by atoms with E-state index in [1.165, 1.54) is 27.8 Å². The van der Waals surface area contributed by atoms with Gasteiger partial charge in [-0.1, -0.05) is 68.0 Å². The van der Waals surface area contributed by atoms with Crippen molar-refractivity contribution in [3.05, 3.63) is 118 Å². The average molecular weight is 585 g/mol. The Balaban J connectivity index is 1.57. The van der Waals surface area contributed by atoms with Crippen molar-refractivity contribution >= 4 is 16.8 Å². The molecule has 1 aliphatic heterocycles. The summed E-state index contributed by atoms with van der Waals surface area (Å²) in [5.74, 6) is 3.72. The van der Waals surface area contributed by atoms with E-state index >= 15 is 0 Å². The van der Waals surface area contributed by atoms with Gasteiger partial charge in [0.05, 0.1) is 28.4 Å². The van der Waals surface area contributed by atoms with Gasteiger partial charge in [0.15, 0.2) is 17.1 Å². The first-order chi connectivity index (χ1) is 21.2. The molecule has 0 radical (unpaired) electrons. The maximum atomic E-state index is 7.40. The second kappa shape index (κ2) is 10.1. The van der Waals surface area contributed by atoms with Gasteiger partial charge in [-0.3, -0.25) is 0 Å². The van der Waals surface area contributed by atoms with Crippen molar-refractivity contribution in [1.82, 2.24) is 0 Å². The molecule has 5 aromatic carbocycles. The molecule has 0 saturated carbocycles. The monoisotopic (exact) mass is 584 g/mol. The summed E-state index contributed by atoms with van der Waals surface area (Å²) in [6.45, 7) is 6.78. The molecule has 0 atom stereocenters. The van der Waals surface area contributed by atoms with Gasteiger partial charge in [0.2, 0.25) is 0 Å². The standard InChI is InChI=1S/C39H36O5/c1-23-8-17-28-32(20-23)38(2,3)36-29-18-19-39(24-9-13-26(40-4)14-10-24,25-11-15-27(41-5)16-12-25)44-37(29)31-22-34(43-7)33(42-6)21-30(31)35(28)36/h8-22H,1-7H3. The Labute approximate surface area is 258 Å². The molecule has 0 N–H and O–H groups in total. The second-order valence-electron chi connectivity index (χ2n) is 12.0. The van der Waals surface area contributed by atoms with Crippen LogP contribution < -0.4 is 23.7 Å². The summed E-state index contributed by atoms with van der Waals surface area (Å²) in [6, 6.07) is 27.1. The van der Waals surface area contributed by atoms with Crippen molar-refractivity contribution in [3.63, 3.8) is 0 Å². The highest BCUT2D eigenvalue weighted by atomic mass is 16.5. The zero-order chi connectivity index (χ0) is 30.8. The van der Waals surface area contributed by atoms with Gasteiger partial charge in [0.25, 0.3) is 0 Å². The molecule has 0 spiro atoms. The van der Waals surface area contributed by atoms with Crippen molar-refractivity contribution in [3.8, 4) is 39.9 Å². The molecule has 0 unspecified atom stereocenters. The lowest BCUT2D eigenvalue weighted by molar-refractivity contribution is 0.163. The van der Waals surface area contributed by atoms with Crippen molar-refractivity contribution in [2.24, 2.45) is 0 Å². The van der Waals surface area contributed by atoms with Crippen LogP contribution in [0.5, 0.6) is 28.7 Å². The molecule has 0 saturated heterocycles. The number of benzene rings is 5. The number of fused-ring (bicyclic) bond motifs is 8. The van der Waals surface area contributed by atoms with E-state index in [2.05, 4.69) is 87.5 Å². The zero-order valence-electron chi connectivity index (χ0n) is 26.2. The van der Waals surface area contributed by atoms with Crippen LogP contribution >= 0.6 is 0 Å². The first kappa shape index (κ1) is 27.9. The number of hydrogen-bond donors (Lipinski definition) is 0. The molecule has 7 rings (SSSR count). The summed E-state index contributed by atoms with van der Waals surface area (Å²) in [7, 11) is 6.71. The van der Waals surface area contributed by atoms with Crippen LogP contribution in [0.15, 0.2) is 84.9 Å². The molecule has 0 aromatic heterocycles. The third kappa shape index (κ3) is 3.92. The molecule has 44 heavy (non-hydrogen) atoms. The molecular weight excluding hydrogens is 548 g/mol. The van der Waals surface area contributed by atoms with E-state index in [0.29, 0.717) is 11.5 Å². The fraction of sp³-hybridized carbons (Fsp3) is 0.231. The number of hydrogen-bond acceptors (Lipinski definition) is 5. The number of aryl methyl sites for hydroxylation is 1. The number of rotatable bonds is 6. The van der Waals surface area contributed by atoms with Crippen LogP contribution in [-0.2, 0) is 11.0 Å². The van der Waals surface area contributed by atoms with E-state index < -0.39 is 5.60 Å². The molecule has 5 heteroatoms. The van der Waals surface area contributed by atoms with Crippen LogP contribution in [0.2, 0.25) is 0 Å². The zero-order valence-corrected chi connectivity index (χ0v) is 26.2. The fourth-order valence-corrected chi connectivity index (χ4v) is 7.08. The van der Waals surface area contributed by atoms with E-state index in [-0.39, 0.29) is 5.41 Å². The predicted molar refractivity (Wildman–Crippen MR) is 176 cm³/mol. The van der Waals surface area contributed by atoms with Crippen LogP contribution in [0, 0.1) is 6.92 Å². The lowest BCUT2D eigenvalue weighted by Crippen LogP contribution is -2.35. The quantitative estimate of drug-likeness (QED) is 0.200. The summed E-state index contributed by atoms with van der Waals surface area (Å²) in [5.41, 5.74) is 8.15. The maximum Gasteiger partial charge on any atom is 0.178 e. The van der Waals surface area contributed by atoms with Gasteiger partial charge in [-0.05, 0) is 77.0 Å². The third-order valence-electron chi connectivity index (χ3n) is 9.33. The highest BCUT2D eigenvalue weighted by Gasteiger charge is 2.44. The van der Waals surface area contributed by atoms with Gasteiger partial charge in [0.1, 0.15) is 17.2 Å². The number of ether oxygens (including phenoxy) is 5. The Kier molecular flexibility index (Phi) is 6.40. The van der Waals surface area contributed by atoms with Gasteiger partial charge in [-0.25, -0.2) is 0 Å². The second-order valence-corrected chi connectivity index (χ2v) is 12.0. The molecule has 0 bridgehead atoms. The summed E-state index contributed by atoms with van der Waals surface area (Å²) in [4.78, 5) is 0. The lowest BCUT2D eigenvalue weighted by Gasteiger charge is -2.38. The summed E-state index contributed by atoms with van der Waals surface area (Å²) >= 11 is 0. The molecular formula is C39H36O5. The average Bonchev–Trinajstić information content (AvgIpc) is 3.29. The van der Waals surface area contributed by atoms with Crippen molar-refractivity contribution in [1.29, 1.82) is 0 Å². The van der Waals surface area contributed by atoms with Crippen molar-refractivity contribution in [2.75, 3.05) is 28.4 Å². The highest BCUT2D eigenvalue weighted by Crippen LogP contribution is 2.59. The topological polar surface area (TPSA) is 46.2 Å². The van der Waals surface area contributed by atoms with Gasteiger partial charge in [-0.15, -0.1) is 0 Å². The van der Waals surface area contributed by atoms with E-state index in [0.717, 1.165) is 44.7 Å². The molecule has 0 amide bonds. The van der Waals surface area contributed by atoms with E-state index in [9.17, 15) is 0 Å². The van der Waals surface area contributed by atoms with Crippen LogP contribution in [0.25, 0.3) is 28.0 Å². The Hall–Kier alpha value is -4.90. The summed E-state index contributed by atoms with van der Waals surface area (Å²) in [5, 5.41) is 2.04. The first-order valence-corrected chi connectivity index (χ1v) is 14.8. The van der Waals surface area contributed by atoms with Crippen LogP contribution in [0.1, 0.15) is 47.2 Å². The van der Waals surface area contributed by atoms with Crippen molar-refractivity contribution in [2.45, 2.75) is 31.8 Å². The highest BCUT2D eigenvalue weighted by molar-refractivity contribution is 6.09. The Morgan fingerprint density at radius 3 is 1.75 bits per heavy atom. The molecule has 0 fully saturated rings. The molecule has 1 aliphatic carbocycles. The fourth-order valence-electron chi connectivity index (χ4n) is 7.08. The summed E-state index contributed by atoms with van der Waals surface area (Å²) < 4.78 is 30.1. The minimum atomic E-state index is -0.911. The first-order valence-electron chi connectivity index (χ1n) is 14.8. The smallest absolute Gasteiger partial charge is 0.178 e. The van der Waals surface area contributed by atoms with Crippen LogP contribution in [0.3, 0.4) is 0 Å². The van der Waals surface area contributed by atoms with Gasteiger partial charge in [0, 0.05) is 27.5 Å². The molecule has 222 valence electrons. The Morgan fingerprint density at radius 2 is 1.20 bits per heavy atom. The minimum absolute atomic E-state index is 0.254. The maximum absolute atomic E-state index is 7.40. The van der Waals surface area contributed by atoms with Crippen LogP contribution in [-0.4, -0.2) is 28.4 Å². The number of methoxy groups -OCH3 is 4. The lowest BCUT2D eigenvalue weighted by atomic mass is 9.76. The Bertz CT molecular complexity index is 1900. The van der Waals surface area contributed by atoms with E-state index in [4.69, 9.17) is 23.7 Å². The SMILES string of the molecule is COc1ccc(C2(c3ccc(OC)cc3)C=Cc3c4c(c5cc(OC)c(OC)cc5c3O2)-c2ccc(C)cc2C4(C)C)cc1. The minimum Gasteiger partial charge on any atom is -0.497 e. The normalized spacial score (nSPS) is 15.2. The van der Waals surface area contributed by atoms with Crippen LogP contribution in [0.4, 0.5) is 0 Å². The van der Waals surface area contributed by atoms with E-state index in [1.807, 2.05) is 24.3 Å². The van der Waals surface area contributed by atoms with E-state index in [1.54, 1.807) is 28.4 Å².